The van der Waals surface area contributed by atoms with Gasteiger partial charge in [0.25, 0.3) is 0 Å². The molecule has 2 amide bonds. The number of hydrogen-bond acceptors (Lipinski definition) is 9. The largest absolute Gasteiger partial charge is 0.404 e. The second-order valence-electron chi connectivity index (χ2n) is 8.46. The molecule has 11 nitrogen and oxygen atoms in total. The zero-order valence-corrected chi connectivity index (χ0v) is 20.4. The number of amides is 2. The van der Waals surface area contributed by atoms with Gasteiger partial charge in [-0.3, -0.25) is 20.0 Å². The summed E-state index contributed by atoms with van der Waals surface area (Å²) in [7, 11) is 5.67. The van der Waals surface area contributed by atoms with Gasteiger partial charge in [0.2, 0.25) is 0 Å². The Balaban J connectivity index is 1.81. The van der Waals surface area contributed by atoms with E-state index >= 15 is 0 Å². The predicted octanol–water partition coefficient (Wildman–Crippen LogP) is 2.22. The molecule has 0 bridgehead atoms. The van der Waals surface area contributed by atoms with Crippen LogP contribution < -0.4 is 27.0 Å². The molecule has 35 heavy (non-hydrogen) atoms. The minimum atomic E-state index is -0.386. The third kappa shape index (κ3) is 6.33. The summed E-state index contributed by atoms with van der Waals surface area (Å²) in [4.78, 5) is 41.3. The van der Waals surface area contributed by atoms with Crippen molar-refractivity contribution in [2.75, 3.05) is 62.0 Å². The SMILES string of the molecule is CN=CC(=CN)c1cc2c(nc1C=O)N(C(=O)Nc1cc(NCCCN(C)C)c(N)cn1)CCC2. The third-order valence-electron chi connectivity index (χ3n) is 5.57. The first-order valence-corrected chi connectivity index (χ1v) is 11.4. The van der Waals surface area contributed by atoms with Crippen LogP contribution >= 0.6 is 0 Å². The Kier molecular flexibility index (Phi) is 8.74. The molecule has 0 aliphatic carbocycles. The molecule has 2 aromatic rings. The predicted molar refractivity (Wildman–Crippen MR) is 141 cm³/mol. The number of allylic oxidation sites excluding steroid dienone is 1. The number of carbonyl (C=O) groups excluding carboxylic acids is 2. The molecule has 0 radical (unpaired) electrons. The monoisotopic (exact) mass is 479 g/mol. The quantitative estimate of drug-likeness (QED) is 0.242. The van der Waals surface area contributed by atoms with E-state index in [1.807, 2.05) is 20.2 Å². The number of fused-ring (bicyclic) bond motifs is 1. The highest BCUT2D eigenvalue weighted by Gasteiger charge is 2.26. The zero-order chi connectivity index (χ0) is 25.4. The molecule has 0 aromatic carbocycles. The van der Waals surface area contributed by atoms with Crippen LogP contribution in [0.1, 0.15) is 34.5 Å². The fourth-order valence-corrected chi connectivity index (χ4v) is 3.85. The van der Waals surface area contributed by atoms with E-state index in [0.29, 0.717) is 47.0 Å². The van der Waals surface area contributed by atoms with Crippen molar-refractivity contribution < 1.29 is 9.59 Å². The summed E-state index contributed by atoms with van der Waals surface area (Å²) in [5, 5.41) is 6.12. The van der Waals surface area contributed by atoms with Crippen LogP contribution in [0.3, 0.4) is 0 Å². The summed E-state index contributed by atoms with van der Waals surface area (Å²) >= 11 is 0. The Labute approximate surface area is 205 Å². The van der Waals surface area contributed by atoms with Gasteiger partial charge in [0.05, 0.1) is 17.6 Å². The molecule has 186 valence electrons. The number of nitrogens with zero attached hydrogens (tertiary/aromatic N) is 5. The highest BCUT2D eigenvalue weighted by Crippen LogP contribution is 2.30. The topological polar surface area (TPSA) is 155 Å². The number of hydrogen-bond donors (Lipinski definition) is 4. The number of carbonyl (C=O) groups is 2. The van der Waals surface area contributed by atoms with Crippen LogP contribution in [-0.4, -0.2) is 74.2 Å². The number of urea groups is 1. The van der Waals surface area contributed by atoms with Crippen molar-refractivity contribution in [3.63, 3.8) is 0 Å². The number of aldehydes is 1. The van der Waals surface area contributed by atoms with Crippen molar-refractivity contribution in [3.05, 3.63) is 41.4 Å². The summed E-state index contributed by atoms with van der Waals surface area (Å²) in [6, 6.07) is 3.18. The van der Waals surface area contributed by atoms with E-state index < -0.39 is 0 Å². The second-order valence-corrected chi connectivity index (χ2v) is 8.46. The number of aliphatic imine (C=N–C) groups is 1. The van der Waals surface area contributed by atoms with E-state index in [0.717, 1.165) is 37.9 Å². The van der Waals surface area contributed by atoms with Crippen LogP contribution in [0.2, 0.25) is 0 Å². The molecule has 3 rings (SSSR count). The molecule has 0 fully saturated rings. The lowest BCUT2D eigenvalue weighted by atomic mass is 9.98. The standard InChI is InChI=1S/C24H33N9O2/c1-27-13-17(12-25)18-10-16-6-4-9-33(23(16)30-21(18)15-34)24(35)31-22-11-20(19(26)14-29-22)28-7-5-8-32(2)3/h10-15H,4-9,25-26H2,1-3H3,(H2,28,29,31,35). The number of rotatable bonds is 9. The number of aryl methyl sites for hydroxylation is 1. The number of nitrogens with one attached hydrogen (secondary N) is 2. The molecule has 0 saturated heterocycles. The average Bonchev–Trinajstić information content (AvgIpc) is 2.85. The number of nitrogens with two attached hydrogens (primary N) is 2. The van der Waals surface area contributed by atoms with E-state index in [4.69, 9.17) is 11.5 Å². The molecule has 0 spiro atoms. The highest BCUT2D eigenvalue weighted by molar-refractivity contribution is 6.12. The average molecular weight is 480 g/mol. The van der Waals surface area contributed by atoms with E-state index in [1.54, 1.807) is 19.3 Å². The van der Waals surface area contributed by atoms with Crippen molar-refractivity contribution in [2.45, 2.75) is 19.3 Å². The number of nitrogen functional groups attached to an aromatic ring is 1. The van der Waals surface area contributed by atoms with Gasteiger partial charge in [-0.2, -0.15) is 0 Å². The smallest absolute Gasteiger partial charge is 0.328 e. The van der Waals surface area contributed by atoms with Crippen LogP contribution in [0.15, 0.2) is 29.5 Å². The van der Waals surface area contributed by atoms with Crippen LogP contribution in [0, 0.1) is 0 Å². The summed E-state index contributed by atoms with van der Waals surface area (Å²) in [6.07, 6.45) is 7.54. The van der Waals surface area contributed by atoms with Gasteiger partial charge in [-0.25, -0.2) is 14.8 Å². The molecule has 6 N–H and O–H groups in total. The normalized spacial score (nSPS) is 13.7. The Morgan fingerprint density at radius 3 is 2.83 bits per heavy atom. The summed E-state index contributed by atoms with van der Waals surface area (Å²) in [5.41, 5.74) is 15.2. The Bertz CT molecular complexity index is 1130. The minimum absolute atomic E-state index is 0.190. The maximum Gasteiger partial charge on any atom is 0.328 e. The van der Waals surface area contributed by atoms with Gasteiger partial charge in [0.1, 0.15) is 17.3 Å². The lowest BCUT2D eigenvalue weighted by Gasteiger charge is -2.29. The summed E-state index contributed by atoms with van der Waals surface area (Å²) in [6.45, 7) is 2.15. The van der Waals surface area contributed by atoms with Gasteiger partial charge in [0, 0.05) is 49.8 Å². The van der Waals surface area contributed by atoms with Crippen molar-refractivity contribution in [1.29, 1.82) is 0 Å². The highest BCUT2D eigenvalue weighted by atomic mass is 16.2. The Morgan fingerprint density at radius 2 is 2.14 bits per heavy atom. The molecule has 11 heteroatoms. The lowest BCUT2D eigenvalue weighted by molar-refractivity contribution is 0.111. The van der Waals surface area contributed by atoms with Crippen molar-refractivity contribution in [2.24, 2.45) is 10.7 Å². The number of aromatic nitrogens is 2. The van der Waals surface area contributed by atoms with Gasteiger partial charge < -0.3 is 21.7 Å². The van der Waals surface area contributed by atoms with E-state index in [9.17, 15) is 9.59 Å². The van der Waals surface area contributed by atoms with Gasteiger partial charge in [-0.1, -0.05) is 0 Å². The van der Waals surface area contributed by atoms with Gasteiger partial charge in [-0.15, -0.1) is 0 Å². The molecule has 1 aliphatic heterocycles. The number of pyridine rings is 2. The zero-order valence-electron chi connectivity index (χ0n) is 20.4. The molecule has 0 atom stereocenters. The van der Waals surface area contributed by atoms with E-state index in [-0.39, 0.29) is 11.7 Å². The Hall–Kier alpha value is -3.99. The van der Waals surface area contributed by atoms with Gasteiger partial charge in [-0.05, 0) is 51.5 Å². The van der Waals surface area contributed by atoms with Crippen molar-refractivity contribution >= 4 is 47.1 Å². The van der Waals surface area contributed by atoms with E-state index in [1.165, 1.54) is 17.3 Å². The third-order valence-corrected chi connectivity index (χ3v) is 5.57. The fraction of sp³-hybridized carbons (Fsp3) is 0.375. The fourth-order valence-electron chi connectivity index (χ4n) is 3.85. The molecule has 0 saturated carbocycles. The molecule has 1 aliphatic rings. The molecule has 3 heterocycles. The summed E-state index contributed by atoms with van der Waals surface area (Å²) in [5.74, 6) is 0.813. The molecule has 2 aromatic heterocycles. The van der Waals surface area contributed by atoms with Crippen LogP contribution in [0.4, 0.5) is 27.8 Å². The molecular formula is C24H33N9O2. The first kappa shape index (κ1) is 25.6. The first-order chi connectivity index (χ1) is 16.9. The molecular weight excluding hydrogens is 446 g/mol. The van der Waals surface area contributed by atoms with Gasteiger partial charge in [0.15, 0.2) is 6.29 Å². The molecule has 0 unspecified atom stereocenters. The number of anilines is 4. The lowest BCUT2D eigenvalue weighted by Crippen LogP contribution is -2.39. The van der Waals surface area contributed by atoms with Crippen LogP contribution in [-0.2, 0) is 6.42 Å². The second kappa shape index (κ2) is 11.9. The van der Waals surface area contributed by atoms with Crippen molar-refractivity contribution in [1.82, 2.24) is 14.9 Å². The minimum Gasteiger partial charge on any atom is -0.404 e. The maximum atomic E-state index is 13.2. The van der Waals surface area contributed by atoms with Gasteiger partial charge >= 0.3 is 6.03 Å². The van der Waals surface area contributed by atoms with Crippen molar-refractivity contribution in [3.8, 4) is 0 Å². The van der Waals surface area contributed by atoms with Crippen LogP contribution in [0.25, 0.3) is 5.57 Å². The first-order valence-electron chi connectivity index (χ1n) is 11.4. The van der Waals surface area contributed by atoms with Crippen LogP contribution in [0.5, 0.6) is 0 Å². The Morgan fingerprint density at radius 1 is 1.34 bits per heavy atom. The van der Waals surface area contributed by atoms with E-state index in [2.05, 4.69) is 30.5 Å². The maximum absolute atomic E-state index is 13.2. The summed E-state index contributed by atoms with van der Waals surface area (Å²) < 4.78 is 0.